The molecule has 0 spiro atoms. The first-order chi connectivity index (χ1) is 8.06. The lowest BCUT2D eigenvalue weighted by molar-refractivity contribution is 0.353. The molecule has 1 rings (SSSR count). The average molecular weight is 258 g/mol. The summed E-state index contributed by atoms with van der Waals surface area (Å²) < 4.78 is 10.4. The van der Waals surface area contributed by atoms with Crippen LogP contribution in [-0.2, 0) is 0 Å². The van der Waals surface area contributed by atoms with E-state index in [0.717, 1.165) is 12.0 Å². The minimum atomic E-state index is -0.0905. The molecule has 0 saturated heterocycles. The monoisotopic (exact) mass is 257 g/mol. The first-order valence-electron chi connectivity index (χ1n) is 5.72. The molecule has 0 aliphatic heterocycles. The Hall–Kier alpha value is -0.930. The van der Waals surface area contributed by atoms with Crippen LogP contribution in [0.4, 0.5) is 0 Å². The zero-order valence-electron chi connectivity index (χ0n) is 10.8. The summed E-state index contributed by atoms with van der Waals surface area (Å²) >= 11 is 6.30. The summed E-state index contributed by atoms with van der Waals surface area (Å²) in [4.78, 5) is 0. The van der Waals surface area contributed by atoms with Crippen LogP contribution in [0, 0.1) is 5.92 Å². The number of nitrogens with two attached hydrogens (primary N) is 1. The number of hydrogen-bond acceptors (Lipinski definition) is 3. The van der Waals surface area contributed by atoms with Crippen molar-refractivity contribution >= 4 is 11.6 Å². The quantitative estimate of drug-likeness (QED) is 0.879. The van der Waals surface area contributed by atoms with Crippen molar-refractivity contribution in [2.45, 2.75) is 26.3 Å². The molecule has 0 heterocycles. The maximum absolute atomic E-state index is 6.30. The van der Waals surface area contributed by atoms with Crippen LogP contribution in [0.1, 0.15) is 31.9 Å². The highest BCUT2D eigenvalue weighted by Gasteiger charge is 2.20. The van der Waals surface area contributed by atoms with Crippen LogP contribution in [0.3, 0.4) is 0 Å². The lowest BCUT2D eigenvalue weighted by Gasteiger charge is -2.21. The van der Waals surface area contributed by atoms with Crippen LogP contribution in [0.2, 0.25) is 5.02 Å². The smallest absolute Gasteiger partial charge is 0.179 e. The fourth-order valence-electron chi connectivity index (χ4n) is 1.72. The summed E-state index contributed by atoms with van der Waals surface area (Å²) in [6.45, 7) is 4.22. The molecule has 0 aliphatic rings. The van der Waals surface area contributed by atoms with Gasteiger partial charge in [-0.25, -0.2) is 0 Å². The standard InChI is InChI=1S/C13H20ClNO2/c1-5-8(2)12(15)9-6-7-10(16-3)13(17-4)11(9)14/h6-8,12H,5,15H2,1-4H3/t8?,12-/m0/s1. The van der Waals surface area contributed by atoms with Gasteiger partial charge >= 0.3 is 0 Å². The van der Waals surface area contributed by atoms with Crippen molar-refractivity contribution in [1.82, 2.24) is 0 Å². The molecule has 4 heteroatoms. The Morgan fingerprint density at radius 3 is 2.41 bits per heavy atom. The Morgan fingerprint density at radius 2 is 1.94 bits per heavy atom. The summed E-state index contributed by atoms with van der Waals surface area (Å²) in [5.74, 6) is 1.54. The summed E-state index contributed by atoms with van der Waals surface area (Å²) in [6.07, 6.45) is 1.01. The van der Waals surface area contributed by atoms with Crippen LogP contribution in [0.15, 0.2) is 12.1 Å². The average Bonchev–Trinajstić information content (AvgIpc) is 2.36. The van der Waals surface area contributed by atoms with Gasteiger partial charge < -0.3 is 15.2 Å². The summed E-state index contributed by atoms with van der Waals surface area (Å²) in [5, 5.41) is 0.541. The molecule has 2 N–H and O–H groups in total. The molecule has 96 valence electrons. The number of methoxy groups -OCH3 is 2. The van der Waals surface area contributed by atoms with Gasteiger partial charge in [-0.2, -0.15) is 0 Å². The van der Waals surface area contributed by atoms with Gasteiger partial charge in [0.2, 0.25) is 0 Å². The minimum absolute atomic E-state index is 0.0905. The zero-order valence-corrected chi connectivity index (χ0v) is 11.5. The van der Waals surface area contributed by atoms with E-state index in [0.29, 0.717) is 22.4 Å². The molecule has 0 aliphatic carbocycles. The SMILES string of the molecule is CCC(C)[C@H](N)c1ccc(OC)c(OC)c1Cl. The second-order valence-corrected chi connectivity index (χ2v) is 4.49. The molecule has 3 nitrogen and oxygen atoms in total. The highest BCUT2D eigenvalue weighted by molar-refractivity contribution is 6.33. The van der Waals surface area contributed by atoms with Crippen molar-refractivity contribution in [3.8, 4) is 11.5 Å². The third-order valence-electron chi connectivity index (χ3n) is 3.13. The van der Waals surface area contributed by atoms with E-state index in [-0.39, 0.29) is 6.04 Å². The van der Waals surface area contributed by atoms with Crippen molar-refractivity contribution in [2.24, 2.45) is 11.7 Å². The maximum Gasteiger partial charge on any atom is 0.179 e. The van der Waals surface area contributed by atoms with Crippen LogP contribution < -0.4 is 15.2 Å². The molecule has 1 aromatic carbocycles. The minimum Gasteiger partial charge on any atom is -0.493 e. The second kappa shape index (κ2) is 6.12. The highest BCUT2D eigenvalue weighted by atomic mass is 35.5. The Balaban J connectivity index is 3.18. The Labute approximate surface area is 108 Å². The molecule has 17 heavy (non-hydrogen) atoms. The number of benzene rings is 1. The van der Waals surface area contributed by atoms with E-state index < -0.39 is 0 Å². The number of halogens is 1. The van der Waals surface area contributed by atoms with Crippen LogP contribution in [0.25, 0.3) is 0 Å². The van der Waals surface area contributed by atoms with Gasteiger partial charge in [-0.15, -0.1) is 0 Å². The highest BCUT2D eigenvalue weighted by Crippen LogP contribution is 2.40. The summed E-state index contributed by atoms with van der Waals surface area (Å²) in [7, 11) is 3.16. The van der Waals surface area contributed by atoms with Gasteiger partial charge in [-0.05, 0) is 17.5 Å². The normalized spacial score (nSPS) is 14.2. The van der Waals surface area contributed by atoms with Gasteiger partial charge in [0, 0.05) is 6.04 Å². The molecular weight excluding hydrogens is 238 g/mol. The van der Waals surface area contributed by atoms with Gasteiger partial charge in [0.25, 0.3) is 0 Å². The molecule has 1 aromatic rings. The van der Waals surface area contributed by atoms with E-state index in [1.54, 1.807) is 14.2 Å². The van der Waals surface area contributed by atoms with Crippen LogP contribution in [-0.4, -0.2) is 14.2 Å². The number of rotatable bonds is 5. The molecule has 0 aromatic heterocycles. The molecule has 0 amide bonds. The van der Waals surface area contributed by atoms with E-state index in [4.69, 9.17) is 26.8 Å². The predicted molar refractivity (Wildman–Crippen MR) is 70.9 cm³/mol. The van der Waals surface area contributed by atoms with Crippen LogP contribution in [0.5, 0.6) is 11.5 Å². The maximum atomic E-state index is 6.30. The molecule has 0 saturated carbocycles. The molecule has 0 radical (unpaired) electrons. The van der Waals surface area contributed by atoms with Crippen molar-refractivity contribution in [1.29, 1.82) is 0 Å². The fraction of sp³-hybridized carbons (Fsp3) is 0.538. The second-order valence-electron chi connectivity index (χ2n) is 4.12. The lowest BCUT2D eigenvalue weighted by Crippen LogP contribution is -2.19. The molecule has 0 bridgehead atoms. The molecule has 1 unspecified atom stereocenters. The fourth-order valence-corrected chi connectivity index (χ4v) is 2.08. The van der Waals surface area contributed by atoms with Gasteiger partial charge in [0.1, 0.15) is 0 Å². The molecule has 0 fully saturated rings. The number of ether oxygens (including phenoxy) is 2. The van der Waals surface area contributed by atoms with E-state index in [9.17, 15) is 0 Å². The van der Waals surface area contributed by atoms with Gasteiger partial charge in [0.15, 0.2) is 11.5 Å². The molecular formula is C13H20ClNO2. The van der Waals surface area contributed by atoms with Crippen molar-refractivity contribution in [3.05, 3.63) is 22.7 Å². The van der Waals surface area contributed by atoms with E-state index in [2.05, 4.69) is 13.8 Å². The topological polar surface area (TPSA) is 44.5 Å². The lowest BCUT2D eigenvalue weighted by atomic mass is 9.93. The zero-order chi connectivity index (χ0) is 13.0. The summed E-state index contributed by atoms with van der Waals surface area (Å²) in [6, 6.07) is 3.65. The third kappa shape index (κ3) is 2.85. The number of hydrogen-bond donors (Lipinski definition) is 1. The van der Waals surface area contributed by atoms with Crippen molar-refractivity contribution in [3.63, 3.8) is 0 Å². The Kier molecular flexibility index (Phi) is 5.09. The largest absolute Gasteiger partial charge is 0.493 e. The van der Waals surface area contributed by atoms with Crippen molar-refractivity contribution in [2.75, 3.05) is 14.2 Å². The van der Waals surface area contributed by atoms with Crippen molar-refractivity contribution < 1.29 is 9.47 Å². The Bertz CT molecular complexity index is 382. The molecule has 2 atom stereocenters. The first kappa shape index (κ1) is 14.1. The van der Waals surface area contributed by atoms with Gasteiger partial charge in [-0.3, -0.25) is 0 Å². The van der Waals surface area contributed by atoms with Crippen LogP contribution >= 0.6 is 11.6 Å². The predicted octanol–water partition coefficient (Wildman–Crippen LogP) is 3.40. The van der Waals surface area contributed by atoms with Gasteiger partial charge in [0.05, 0.1) is 19.2 Å². The third-order valence-corrected chi connectivity index (χ3v) is 3.52. The Morgan fingerprint density at radius 1 is 1.29 bits per heavy atom. The first-order valence-corrected chi connectivity index (χ1v) is 6.10. The van der Waals surface area contributed by atoms with Gasteiger partial charge in [-0.1, -0.05) is 37.9 Å². The summed E-state index contributed by atoms with van der Waals surface area (Å²) in [5.41, 5.74) is 7.09. The van der Waals surface area contributed by atoms with E-state index in [1.165, 1.54) is 0 Å². The van der Waals surface area contributed by atoms with E-state index in [1.807, 2.05) is 12.1 Å². The van der Waals surface area contributed by atoms with E-state index >= 15 is 0 Å².